The minimum Gasteiger partial charge on any atom is -0.497 e. The maximum atomic E-state index is 14.2. The van der Waals surface area contributed by atoms with Crippen molar-refractivity contribution >= 4 is 39.1 Å². The minimum atomic E-state index is -4.23. The Morgan fingerprint density at radius 1 is 0.977 bits per heavy atom. The fourth-order valence-corrected chi connectivity index (χ4v) is 6.17. The predicted octanol–water partition coefficient (Wildman–Crippen LogP) is 5.58. The highest BCUT2D eigenvalue weighted by Gasteiger charge is 2.35. The van der Waals surface area contributed by atoms with Crippen LogP contribution in [0.15, 0.2) is 71.6 Å². The first-order valence-corrected chi connectivity index (χ1v) is 15.7. The molecule has 0 aromatic heterocycles. The van der Waals surface area contributed by atoms with Gasteiger partial charge in [-0.3, -0.25) is 13.9 Å². The number of nitrogens with zero attached hydrogens (tertiary/aromatic N) is 2. The third-order valence-corrected chi connectivity index (χ3v) is 8.77. The number of methoxy groups -OCH3 is 2. The molecule has 0 unspecified atom stereocenters. The lowest BCUT2D eigenvalue weighted by Gasteiger charge is -2.35. The number of benzene rings is 3. The molecule has 1 N–H and O–H groups in total. The standard InChI is InChI=1S/C32H40ClN3O6S/c1-8-28(31(38)34-32(3,4)5)35(20-23-10-9-11-25(18-23)41-6)30(37)21-36(24-14-17-29(42-7)27(33)19-24)43(39,40)26-15-12-22(2)13-16-26/h9-19,28H,8,20-21H2,1-7H3,(H,34,38)/t28-/m0/s1. The molecule has 0 fully saturated rings. The van der Waals surface area contributed by atoms with Crippen molar-refractivity contribution in [1.29, 1.82) is 0 Å². The fraction of sp³-hybridized carbons (Fsp3) is 0.375. The molecule has 3 rings (SSSR count). The first-order valence-electron chi connectivity index (χ1n) is 13.9. The molecule has 3 aromatic carbocycles. The van der Waals surface area contributed by atoms with Gasteiger partial charge in [-0.05, 0) is 82.1 Å². The third kappa shape index (κ3) is 8.64. The second-order valence-electron chi connectivity index (χ2n) is 11.2. The lowest BCUT2D eigenvalue weighted by molar-refractivity contribution is -0.141. The SMILES string of the molecule is CC[C@@H](C(=O)NC(C)(C)C)N(Cc1cccc(OC)c1)C(=O)CN(c1ccc(OC)c(Cl)c1)S(=O)(=O)c1ccc(C)cc1. The highest BCUT2D eigenvalue weighted by molar-refractivity contribution is 7.92. The summed E-state index contributed by atoms with van der Waals surface area (Å²) in [5, 5.41) is 3.14. The maximum Gasteiger partial charge on any atom is 0.264 e. The number of nitrogens with one attached hydrogen (secondary N) is 1. The number of amides is 2. The van der Waals surface area contributed by atoms with Gasteiger partial charge >= 0.3 is 0 Å². The zero-order valence-corrected chi connectivity index (χ0v) is 27.3. The van der Waals surface area contributed by atoms with Gasteiger partial charge in [0, 0.05) is 12.1 Å². The smallest absolute Gasteiger partial charge is 0.264 e. The molecule has 11 heteroatoms. The lowest BCUT2D eigenvalue weighted by Crippen LogP contribution is -2.55. The molecule has 0 bridgehead atoms. The molecule has 3 aromatic rings. The molecule has 1 atom stereocenters. The van der Waals surface area contributed by atoms with Crippen LogP contribution >= 0.6 is 11.6 Å². The van der Waals surface area contributed by atoms with Crippen molar-refractivity contribution in [2.45, 2.75) is 64.1 Å². The first kappa shape index (κ1) is 33.7. The normalized spacial score (nSPS) is 12.3. The Morgan fingerprint density at radius 3 is 2.21 bits per heavy atom. The van der Waals surface area contributed by atoms with Gasteiger partial charge in [-0.2, -0.15) is 0 Å². The van der Waals surface area contributed by atoms with E-state index in [-0.39, 0.29) is 28.1 Å². The van der Waals surface area contributed by atoms with Crippen LogP contribution in [0, 0.1) is 6.92 Å². The molecule has 0 saturated heterocycles. The highest BCUT2D eigenvalue weighted by atomic mass is 35.5. The van der Waals surface area contributed by atoms with Crippen LogP contribution in [0.25, 0.3) is 0 Å². The van der Waals surface area contributed by atoms with Crippen LogP contribution in [-0.4, -0.2) is 57.5 Å². The van der Waals surface area contributed by atoms with E-state index in [1.807, 2.05) is 40.7 Å². The summed E-state index contributed by atoms with van der Waals surface area (Å²) in [5.41, 5.74) is 1.23. The van der Waals surface area contributed by atoms with Gasteiger partial charge in [0.1, 0.15) is 24.1 Å². The van der Waals surface area contributed by atoms with Gasteiger partial charge in [-0.15, -0.1) is 0 Å². The Kier molecular flexibility index (Phi) is 11.1. The van der Waals surface area contributed by atoms with Gasteiger partial charge in [0.05, 0.1) is 29.8 Å². The summed E-state index contributed by atoms with van der Waals surface area (Å²) in [6.45, 7) is 8.70. The second kappa shape index (κ2) is 14.1. The number of aryl methyl sites for hydroxylation is 1. The molecular formula is C32H40ClN3O6S. The number of hydrogen-bond donors (Lipinski definition) is 1. The van der Waals surface area contributed by atoms with E-state index >= 15 is 0 Å². The van der Waals surface area contributed by atoms with Crippen LogP contribution < -0.4 is 19.1 Å². The number of halogens is 1. The van der Waals surface area contributed by atoms with Gasteiger partial charge < -0.3 is 19.7 Å². The number of ether oxygens (including phenoxy) is 2. The zero-order valence-electron chi connectivity index (χ0n) is 25.7. The Bertz CT molecular complexity index is 1540. The Hall–Kier alpha value is -3.76. The van der Waals surface area contributed by atoms with E-state index < -0.39 is 34.1 Å². The molecular weight excluding hydrogens is 590 g/mol. The lowest BCUT2D eigenvalue weighted by atomic mass is 10.1. The summed E-state index contributed by atoms with van der Waals surface area (Å²) >= 11 is 6.39. The molecule has 9 nitrogen and oxygen atoms in total. The van der Waals surface area contributed by atoms with Crippen LogP contribution in [-0.2, 0) is 26.2 Å². The van der Waals surface area contributed by atoms with Crippen LogP contribution in [0.5, 0.6) is 11.5 Å². The molecule has 0 radical (unpaired) electrons. The minimum absolute atomic E-state index is 0.00898. The molecule has 0 spiro atoms. The van der Waals surface area contributed by atoms with Crippen LogP contribution in [0.3, 0.4) is 0 Å². The molecule has 0 aliphatic heterocycles. The average Bonchev–Trinajstić information content (AvgIpc) is 2.95. The quantitative estimate of drug-likeness (QED) is 0.280. The van der Waals surface area contributed by atoms with Gasteiger partial charge in [0.2, 0.25) is 11.8 Å². The van der Waals surface area contributed by atoms with Gasteiger partial charge in [-0.1, -0.05) is 48.4 Å². The fourth-order valence-electron chi connectivity index (χ4n) is 4.52. The van der Waals surface area contributed by atoms with E-state index in [9.17, 15) is 18.0 Å². The van der Waals surface area contributed by atoms with Crippen molar-refractivity contribution in [1.82, 2.24) is 10.2 Å². The zero-order chi connectivity index (χ0) is 31.9. The molecule has 0 aliphatic carbocycles. The number of hydrogen-bond acceptors (Lipinski definition) is 6. The van der Waals surface area contributed by atoms with Crippen LogP contribution in [0.1, 0.15) is 45.2 Å². The molecule has 0 aliphatic rings. The molecule has 0 heterocycles. The van der Waals surface area contributed by atoms with Crippen LogP contribution in [0.4, 0.5) is 5.69 Å². The number of carbonyl (C=O) groups excluding carboxylic acids is 2. The van der Waals surface area contributed by atoms with E-state index in [1.54, 1.807) is 43.5 Å². The van der Waals surface area contributed by atoms with E-state index in [0.29, 0.717) is 17.9 Å². The Morgan fingerprint density at radius 2 is 1.65 bits per heavy atom. The summed E-state index contributed by atoms with van der Waals surface area (Å²) in [7, 11) is -1.24. The van der Waals surface area contributed by atoms with E-state index in [0.717, 1.165) is 15.4 Å². The number of anilines is 1. The van der Waals surface area contributed by atoms with E-state index in [2.05, 4.69) is 5.32 Å². The number of sulfonamides is 1. The van der Waals surface area contributed by atoms with E-state index in [4.69, 9.17) is 21.1 Å². The Balaban J connectivity index is 2.12. The van der Waals surface area contributed by atoms with E-state index in [1.165, 1.54) is 36.3 Å². The van der Waals surface area contributed by atoms with Crippen molar-refractivity contribution in [2.75, 3.05) is 25.1 Å². The topological polar surface area (TPSA) is 105 Å². The van der Waals surface area contributed by atoms with Crippen LogP contribution in [0.2, 0.25) is 5.02 Å². The summed E-state index contributed by atoms with van der Waals surface area (Å²) in [4.78, 5) is 29.1. The van der Waals surface area contributed by atoms with Gasteiger partial charge in [0.25, 0.3) is 10.0 Å². The summed E-state index contributed by atoms with van der Waals surface area (Å²) < 4.78 is 39.7. The van der Waals surface area contributed by atoms with Crippen molar-refractivity contribution < 1.29 is 27.5 Å². The average molecular weight is 630 g/mol. The molecule has 0 saturated carbocycles. The first-order chi connectivity index (χ1) is 20.2. The van der Waals surface area contributed by atoms with Gasteiger partial charge in [0.15, 0.2) is 0 Å². The molecule has 2 amide bonds. The molecule has 232 valence electrons. The van der Waals surface area contributed by atoms with Crippen molar-refractivity contribution in [3.63, 3.8) is 0 Å². The number of carbonyl (C=O) groups is 2. The van der Waals surface area contributed by atoms with Crippen molar-refractivity contribution in [3.8, 4) is 11.5 Å². The summed E-state index contributed by atoms with van der Waals surface area (Å²) in [6.07, 6.45) is 0.302. The predicted molar refractivity (Wildman–Crippen MR) is 169 cm³/mol. The number of rotatable bonds is 12. The second-order valence-corrected chi connectivity index (χ2v) is 13.4. The largest absolute Gasteiger partial charge is 0.497 e. The van der Waals surface area contributed by atoms with Crippen molar-refractivity contribution in [2.24, 2.45) is 0 Å². The Labute approximate surface area is 259 Å². The third-order valence-electron chi connectivity index (χ3n) is 6.68. The molecule has 43 heavy (non-hydrogen) atoms. The highest BCUT2D eigenvalue weighted by Crippen LogP contribution is 2.32. The summed E-state index contributed by atoms with van der Waals surface area (Å²) in [6, 6.07) is 17.2. The maximum absolute atomic E-state index is 14.2. The van der Waals surface area contributed by atoms with Crippen molar-refractivity contribution in [3.05, 3.63) is 82.9 Å². The summed E-state index contributed by atoms with van der Waals surface area (Å²) in [5.74, 6) is 0.0375. The monoisotopic (exact) mass is 629 g/mol. The van der Waals surface area contributed by atoms with Gasteiger partial charge in [-0.25, -0.2) is 8.42 Å².